The third kappa shape index (κ3) is 4.07. The fourth-order valence-corrected chi connectivity index (χ4v) is 3.21. The summed E-state index contributed by atoms with van der Waals surface area (Å²) in [4.78, 5) is 22.8. The van der Waals surface area contributed by atoms with Crippen LogP contribution in [-0.4, -0.2) is 35.5 Å². The van der Waals surface area contributed by atoms with E-state index in [1.54, 1.807) is 23.5 Å². The molecular formula is C10H18O3S2. The van der Waals surface area contributed by atoms with Crippen LogP contribution in [0, 0.1) is 0 Å². The molecule has 0 aromatic carbocycles. The van der Waals surface area contributed by atoms with Crippen molar-refractivity contribution in [2.45, 2.75) is 30.3 Å². The minimum absolute atomic E-state index is 0.121. The maximum Gasteiger partial charge on any atom is 0.305 e. The maximum atomic E-state index is 11.9. The van der Waals surface area contributed by atoms with Crippen LogP contribution in [0.15, 0.2) is 0 Å². The number of hydrogen-bond acceptors (Lipinski definition) is 5. The summed E-state index contributed by atoms with van der Waals surface area (Å²) < 4.78 is 4.11. The number of hydrogen-bond donors (Lipinski definition) is 0. The third-order valence-corrected chi connectivity index (χ3v) is 5.69. The number of ether oxygens (including phenoxy) is 1. The van der Waals surface area contributed by atoms with Crippen molar-refractivity contribution in [2.75, 3.05) is 19.6 Å². The lowest BCUT2D eigenvalue weighted by atomic mass is 10.1. The Hall–Kier alpha value is -0.160. The SMILES string of the molecule is CCC(SC)(SC)C(=O)CCC(=O)OC. The average molecular weight is 250 g/mol. The van der Waals surface area contributed by atoms with E-state index in [1.165, 1.54) is 7.11 Å². The normalized spacial score (nSPS) is 11.2. The molecule has 0 saturated heterocycles. The lowest BCUT2D eigenvalue weighted by Gasteiger charge is -2.26. The number of carbonyl (C=O) groups is 2. The number of thioether (sulfide) groups is 2. The molecule has 0 spiro atoms. The fraction of sp³-hybridized carbons (Fsp3) is 0.800. The Morgan fingerprint density at radius 1 is 1.20 bits per heavy atom. The molecule has 15 heavy (non-hydrogen) atoms. The predicted octanol–water partition coefficient (Wildman–Crippen LogP) is 2.34. The number of esters is 1. The molecule has 0 heterocycles. The van der Waals surface area contributed by atoms with Crippen LogP contribution in [0.25, 0.3) is 0 Å². The number of carbonyl (C=O) groups excluding carboxylic acids is 2. The Bertz CT molecular complexity index is 216. The van der Waals surface area contributed by atoms with Crippen molar-refractivity contribution < 1.29 is 14.3 Å². The molecule has 0 unspecified atom stereocenters. The number of methoxy groups -OCH3 is 1. The number of rotatable bonds is 7. The van der Waals surface area contributed by atoms with Gasteiger partial charge < -0.3 is 4.74 Å². The molecule has 0 radical (unpaired) electrons. The Labute approximate surface area is 99.7 Å². The molecule has 3 nitrogen and oxygen atoms in total. The standard InChI is InChI=1S/C10H18O3S2/c1-5-10(14-3,15-4)8(11)6-7-9(12)13-2/h5-7H2,1-4H3. The molecule has 88 valence electrons. The minimum Gasteiger partial charge on any atom is -0.469 e. The minimum atomic E-state index is -0.395. The Morgan fingerprint density at radius 2 is 1.73 bits per heavy atom. The second-order valence-corrected chi connectivity index (χ2v) is 5.48. The van der Waals surface area contributed by atoms with Gasteiger partial charge in [-0.2, -0.15) is 0 Å². The van der Waals surface area contributed by atoms with E-state index in [2.05, 4.69) is 4.74 Å². The molecule has 0 aromatic heterocycles. The monoisotopic (exact) mass is 250 g/mol. The van der Waals surface area contributed by atoms with Gasteiger partial charge in [0, 0.05) is 6.42 Å². The van der Waals surface area contributed by atoms with Gasteiger partial charge in [0.25, 0.3) is 0 Å². The summed E-state index contributed by atoms with van der Waals surface area (Å²) in [5, 5.41) is 0. The zero-order valence-electron chi connectivity index (χ0n) is 9.66. The van der Waals surface area contributed by atoms with E-state index in [-0.39, 0.29) is 24.6 Å². The molecule has 0 rings (SSSR count). The highest BCUT2D eigenvalue weighted by Gasteiger charge is 2.34. The van der Waals surface area contributed by atoms with E-state index in [1.807, 2.05) is 19.4 Å². The van der Waals surface area contributed by atoms with Crippen LogP contribution in [0.2, 0.25) is 0 Å². The van der Waals surface area contributed by atoms with Crippen molar-refractivity contribution in [2.24, 2.45) is 0 Å². The Kier molecular flexibility index (Phi) is 7.09. The van der Waals surface area contributed by atoms with E-state index in [0.29, 0.717) is 0 Å². The molecule has 0 aliphatic carbocycles. The summed E-state index contributed by atoms with van der Waals surface area (Å²) in [6.07, 6.45) is 5.07. The Balaban J connectivity index is 4.33. The first-order valence-corrected chi connectivity index (χ1v) is 7.21. The molecule has 0 aromatic rings. The quantitative estimate of drug-likeness (QED) is 0.512. The highest BCUT2D eigenvalue weighted by Crippen LogP contribution is 2.39. The van der Waals surface area contributed by atoms with Gasteiger partial charge in [0.15, 0.2) is 5.78 Å². The molecule has 0 saturated carbocycles. The maximum absolute atomic E-state index is 11.9. The summed E-state index contributed by atoms with van der Waals surface area (Å²) in [6, 6.07) is 0. The second-order valence-electron chi connectivity index (χ2n) is 3.01. The second kappa shape index (κ2) is 7.17. The van der Waals surface area contributed by atoms with Crippen LogP contribution in [0.5, 0.6) is 0 Å². The van der Waals surface area contributed by atoms with Gasteiger partial charge in [-0.15, -0.1) is 23.5 Å². The van der Waals surface area contributed by atoms with Gasteiger partial charge in [-0.3, -0.25) is 9.59 Å². The van der Waals surface area contributed by atoms with E-state index in [9.17, 15) is 9.59 Å². The van der Waals surface area contributed by atoms with Crippen LogP contribution >= 0.6 is 23.5 Å². The highest BCUT2D eigenvalue weighted by atomic mass is 32.2. The summed E-state index contributed by atoms with van der Waals surface area (Å²) >= 11 is 3.09. The van der Waals surface area contributed by atoms with E-state index < -0.39 is 4.08 Å². The van der Waals surface area contributed by atoms with E-state index >= 15 is 0 Å². The van der Waals surface area contributed by atoms with Gasteiger partial charge >= 0.3 is 5.97 Å². The highest BCUT2D eigenvalue weighted by molar-refractivity contribution is 8.18. The smallest absolute Gasteiger partial charge is 0.305 e. The number of ketones is 1. The van der Waals surface area contributed by atoms with Gasteiger partial charge in [-0.05, 0) is 18.9 Å². The van der Waals surface area contributed by atoms with Crippen LogP contribution in [-0.2, 0) is 14.3 Å². The first-order valence-electron chi connectivity index (χ1n) is 4.76. The first kappa shape index (κ1) is 14.8. The van der Waals surface area contributed by atoms with Crippen molar-refractivity contribution in [3.63, 3.8) is 0 Å². The average Bonchev–Trinajstić information content (AvgIpc) is 2.28. The molecule has 0 aliphatic rings. The third-order valence-electron chi connectivity index (χ3n) is 2.33. The zero-order valence-corrected chi connectivity index (χ0v) is 11.3. The fourth-order valence-electron chi connectivity index (χ4n) is 1.30. The molecule has 5 heteroatoms. The molecule has 0 N–H and O–H groups in total. The van der Waals surface area contributed by atoms with Crippen LogP contribution in [0.1, 0.15) is 26.2 Å². The molecule has 0 amide bonds. The van der Waals surface area contributed by atoms with Crippen molar-refractivity contribution in [3.8, 4) is 0 Å². The summed E-state index contributed by atoms with van der Waals surface area (Å²) in [6.45, 7) is 1.99. The molecule has 0 fully saturated rings. The molecular weight excluding hydrogens is 232 g/mol. The summed E-state index contributed by atoms with van der Waals surface area (Å²) in [5.74, 6) is -0.203. The summed E-state index contributed by atoms with van der Waals surface area (Å²) in [5.41, 5.74) is 0. The van der Waals surface area contributed by atoms with Crippen LogP contribution in [0.3, 0.4) is 0 Å². The Morgan fingerprint density at radius 3 is 2.07 bits per heavy atom. The van der Waals surface area contributed by atoms with Gasteiger partial charge in [0.1, 0.15) is 4.08 Å². The van der Waals surface area contributed by atoms with Crippen molar-refractivity contribution in [1.82, 2.24) is 0 Å². The first-order chi connectivity index (χ1) is 7.06. The molecule has 0 bridgehead atoms. The van der Waals surface area contributed by atoms with Crippen molar-refractivity contribution >= 4 is 35.3 Å². The van der Waals surface area contributed by atoms with Crippen molar-refractivity contribution in [1.29, 1.82) is 0 Å². The largest absolute Gasteiger partial charge is 0.469 e. The molecule has 0 atom stereocenters. The number of Topliss-reactive ketones (excluding diaryl/α,β-unsaturated/α-hetero) is 1. The zero-order chi connectivity index (χ0) is 11.9. The lowest BCUT2D eigenvalue weighted by Crippen LogP contribution is -2.30. The van der Waals surface area contributed by atoms with Gasteiger partial charge in [0.2, 0.25) is 0 Å². The molecule has 0 aliphatic heterocycles. The van der Waals surface area contributed by atoms with Gasteiger partial charge in [-0.1, -0.05) is 6.92 Å². The summed E-state index contributed by atoms with van der Waals surface area (Å²) in [7, 11) is 1.34. The van der Waals surface area contributed by atoms with Gasteiger partial charge in [-0.25, -0.2) is 0 Å². The van der Waals surface area contributed by atoms with E-state index in [0.717, 1.165) is 6.42 Å². The van der Waals surface area contributed by atoms with E-state index in [4.69, 9.17) is 0 Å². The van der Waals surface area contributed by atoms with Crippen molar-refractivity contribution in [3.05, 3.63) is 0 Å². The van der Waals surface area contributed by atoms with Crippen LogP contribution < -0.4 is 0 Å². The predicted molar refractivity (Wildman–Crippen MR) is 66.3 cm³/mol. The van der Waals surface area contributed by atoms with Crippen LogP contribution in [0.4, 0.5) is 0 Å². The lowest BCUT2D eigenvalue weighted by molar-refractivity contribution is -0.141. The topological polar surface area (TPSA) is 43.4 Å². The van der Waals surface area contributed by atoms with Gasteiger partial charge in [0.05, 0.1) is 13.5 Å².